The highest BCUT2D eigenvalue weighted by atomic mass is 16.5. The van der Waals surface area contributed by atoms with Gasteiger partial charge in [-0.3, -0.25) is 0 Å². The highest BCUT2D eigenvalue weighted by molar-refractivity contribution is 5.96. The number of esters is 1. The van der Waals surface area contributed by atoms with E-state index in [2.05, 4.69) is 4.74 Å². The maximum Gasteiger partial charge on any atom is 0.374 e. The lowest BCUT2D eigenvalue weighted by molar-refractivity contribution is 0.0565. The van der Waals surface area contributed by atoms with Gasteiger partial charge in [-0.25, -0.2) is 9.59 Å². The molecule has 0 aliphatic carbocycles. The number of rotatable bonds is 2. The van der Waals surface area contributed by atoms with E-state index in [1.54, 1.807) is 50.2 Å². The summed E-state index contributed by atoms with van der Waals surface area (Å²) in [5.41, 5.74) is 3.34. The third-order valence-corrected chi connectivity index (χ3v) is 4.70. The molecule has 0 spiro atoms. The van der Waals surface area contributed by atoms with Crippen molar-refractivity contribution in [2.45, 2.75) is 13.8 Å². The number of furan rings is 2. The van der Waals surface area contributed by atoms with Gasteiger partial charge in [-0.2, -0.15) is 10.5 Å². The fourth-order valence-corrected chi connectivity index (χ4v) is 3.07. The van der Waals surface area contributed by atoms with Crippen molar-refractivity contribution >= 4 is 33.9 Å². The number of carbonyl (C=O) groups excluding carboxylic acids is 1. The molecule has 0 radical (unpaired) electrons. The number of aromatic carboxylic acids is 1. The number of fused-ring (bicyclic) bond motifs is 2. The van der Waals surface area contributed by atoms with Gasteiger partial charge in [0, 0.05) is 21.9 Å². The van der Waals surface area contributed by atoms with Gasteiger partial charge >= 0.3 is 11.9 Å². The summed E-state index contributed by atoms with van der Waals surface area (Å²) in [6.45, 7) is 3.43. The molecule has 0 saturated carbocycles. The summed E-state index contributed by atoms with van der Waals surface area (Å²) in [5.74, 6) is -1.48. The Morgan fingerprint density at radius 1 is 0.871 bits per heavy atom. The zero-order valence-corrected chi connectivity index (χ0v) is 16.8. The van der Waals surface area contributed by atoms with Crippen LogP contribution in [0.5, 0.6) is 0 Å². The number of carboxylic acid groups (broad SMARTS) is 1. The normalized spacial score (nSPS) is 10.1. The zero-order chi connectivity index (χ0) is 22.7. The van der Waals surface area contributed by atoms with E-state index in [1.807, 2.05) is 12.1 Å². The maximum atomic E-state index is 11.4. The van der Waals surface area contributed by atoms with Crippen LogP contribution in [-0.4, -0.2) is 24.2 Å². The Balaban J connectivity index is 0.000000176. The van der Waals surface area contributed by atoms with Crippen LogP contribution in [0.3, 0.4) is 0 Å². The van der Waals surface area contributed by atoms with Crippen molar-refractivity contribution in [1.29, 1.82) is 10.5 Å². The van der Waals surface area contributed by atoms with Crippen molar-refractivity contribution in [3.05, 3.63) is 70.2 Å². The number of nitriles is 2. The first-order chi connectivity index (χ1) is 14.8. The van der Waals surface area contributed by atoms with E-state index >= 15 is 0 Å². The first-order valence-electron chi connectivity index (χ1n) is 8.98. The van der Waals surface area contributed by atoms with Crippen LogP contribution in [0, 0.1) is 36.5 Å². The number of ether oxygens (including phenoxy) is 1. The van der Waals surface area contributed by atoms with Crippen molar-refractivity contribution in [2.75, 3.05) is 7.11 Å². The molecule has 0 fully saturated rings. The smallest absolute Gasteiger partial charge is 0.374 e. The second kappa shape index (κ2) is 8.44. The Morgan fingerprint density at radius 2 is 1.32 bits per heavy atom. The number of nitrogens with zero attached hydrogens (tertiary/aromatic N) is 2. The van der Waals surface area contributed by atoms with Gasteiger partial charge in [-0.05, 0) is 50.2 Å². The quantitative estimate of drug-likeness (QED) is 0.464. The second-order valence-corrected chi connectivity index (χ2v) is 6.55. The topological polar surface area (TPSA) is 137 Å². The van der Waals surface area contributed by atoms with Gasteiger partial charge in [-0.15, -0.1) is 0 Å². The Kier molecular flexibility index (Phi) is 5.76. The molecule has 154 valence electrons. The average molecular weight is 416 g/mol. The molecule has 1 N–H and O–H groups in total. The number of benzene rings is 2. The third-order valence-electron chi connectivity index (χ3n) is 4.70. The summed E-state index contributed by atoms with van der Waals surface area (Å²) in [7, 11) is 1.30. The minimum absolute atomic E-state index is 0.0694. The summed E-state index contributed by atoms with van der Waals surface area (Å²) in [5, 5.41) is 27.8. The molecule has 0 atom stereocenters. The van der Waals surface area contributed by atoms with E-state index in [-0.39, 0.29) is 11.5 Å². The summed E-state index contributed by atoms with van der Waals surface area (Å²) in [6, 6.07) is 13.9. The lowest BCUT2D eigenvalue weighted by Gasteiger charge is -1.94. The van der Waals surface area contributed by atoms with E-state index in [0.29, 0.717) is 38.8 Å². The minimum atomic E-state index is -1.10. The van der Waals surface area contributed by atoms with Gasteiger partial charge in [0.1, 0.15) is 11.2 Å². The van der Waals surface area contributed by atoms with Gasteiger partial charge in [0.15, 0.2) is 0 Å². The van der Waals surface area contributed by atoms with E-state index in [0.717, 1.165) is 5.39 Å². The molecule has 4 rings (SSSR count). The van der Waals surface area contributed by atoms with Gasteiger partial charge in [0.2, 0.25) is 11.5 Å². The fourth-order valence-electron chi connectivity index (χ4n) is 3.07. The minimum Gasteiger partial charge on any atom is -0.475 e. The molecule has 0 aliphatic rings. The van der Waals surface area contributed by atoms with E-state index in [4.69, 9.17) is 24.5 Å². The van der Waals surface area contributed by atoms with Crippen LogP contribution in [0.4, 0.5) is 0 Å². The van der Waals surface area contributed by atoms with Crippen LogP contribution < -0.4 is 0 Å². The Bertz CT molecular complexity index is 1410. The molecule has 0 saturated heterocycles. The molecule has 0 bridgehead atoms. The van der Waals surface area contributed by atoms with Gasteiger partial charge < -0.3 is 18.7 Å². The summed E-state index contributed by atoms with van der Waals surface area (Å²) in [4.78, 5) is 22.2. The molecule has 2 heterocycles. The lowest BCUT2D eigenvalue weighted by atomic mass is 10.1. The highest BCUT2D eigenvalue weighted by Crippen LogP contribution is 2.27. The van der Waals surface area contributed by atoms with Crippen molar-refractivity contribution in [1.82, 2.24) is 0 Å². The number of carboxylic acids is 1. The third kappa shape index (κ3) is 3.96. The molecule has 8 heteroatoms. The van der Waals surface area contributed by atoms with Crippen molar-refractivity contribution in [3.63, 3.8) is 0 Å². The van der Waals surface area contributed by atoms with Crippen LogP contribution in [-0.2, 0) is 4.74 Å². The number of methoxy groups -OCH3 is 1. The number of hydrogen-bond acceptors (Lipinski definition) is 7. The fraction of sp³-hybridized carbons (Fsp3) is 0.130. The van der Waals surface area contributed by atoms with E-state index in [1.165, 1.54) is 7.11 Å². The Labute approximate surface area is 176 Å². The molecule has 0 amide bonds. The Morgan fingerprint density at radius 3 is 1.74 bits per heavy atom. The van der Waals surface area contributed by atoms with Crippen LogP contribution in [0.2, 0.25) is 0 Å². The van der Waals surface area contributed by atoms with Crippen molar-refractivity contribution in [2.24, 2.45) is 0 Å². The van der Waals surface area contributed by atoms with Crippen LogP contribution in [0.25, 0.3) is 21.9 Å². The maximum absolute atomic E-state index is 11.4. The highest BCUT2D eigenvalue weighted by Gasteiger charge is 2.18. The molecular formula is C23H16N2O6. The lowest BCUT2D eigenvalue weighted by Crippen LogP contribution is -2.00. The van der Waals surface area contributed by atoms with Crippen molar-refractivity contribution in [3.8, 4) is 12.1 Å². The Hall–Kier alpha value is -4.56. The largest absolute Gasteiger partial charge is 0.475 e. The monoisotopic (exact) mass is 416 g/mol. The average Bonchev–Trinajstić information content (AvgIpc) is 3.30. The number of hydrogen-bond donors (Lipinski definition) is 1. The number of aryl methyl sites for hydroxylation is 2. The molecule has 31 heavy (non-hydrogen) atoms. The van der Waals surface area contributed by atoms with Crippen LogP contribution in [0.15, 0.2) is 45.2 Å². The zero-order valence-electron chi connectivity index (χ0n) is 16.8. The van der Waals surface area contributed by atoms with Crippen molar-refractivity contribution < 1.29 is 28.3 Å². The molecule has 4 aromatic rings. The predicted octanol–water partition coefficient (Wildman–Crippen LogP) is 4.71. The second-order valence-electron chi connectivity index (χ2n) is 6.55. The molecule has 0 aliphatic heterocycles. The first kappa shape index (κ1) is 21.2. The molecule has 8 nitrogen and oxygen atoms in total. The number of carbonyl (C=O) groups is 2. The van der Waals surface area contributed by atoms with Gasteiger partial charge in [0.05, 0.1) is 30.4 Å². The SMILES string of the molecule is COC(=O)c1oc2ccc(C#N)cc2c1C.Cc1c(C(=O)O)oc2ccc(C#N)cc12. The summed E-state index contributed by atoms with van der Waals surface area (Å²) in [6.07, 6.45) is 0. The van der Waals surface area contributed by atoms with Crippen LogP contribution >= 0.6 is 0 Å². The summed E-state index contributed by atoms with van der Waals surface area (Å²) >= 11 is 0. The first-order valence-corrected chi connectivity index (χ1v) is 8.98. The van der Waals surface area contributed by atoms with Crippen LogP contribution in [0.1, 0.15) is 43.4 Å². The molecule has 2 aromatic carbocycles. The van der Waals surface area contributed by atoms with Gasteiger partial charge in [-0.1, -0.05) is 0 Å². The predicted molar refractivity (Wildman–Crippen MR) is 110 cm³/mol. The van der Waals surface area contributed by atoms with E-state index in [9.17, 15) is 9.59 Å². The molecule has 0 unspecified atom stereocenters. The molecular weight excluding hydrogens is 400 g/mol. The summed E-state index contributed by atoms with van der Waals surface area (Å²) < 4.78 is 15.1. The van der Waals surface area contributed by atoms with E-state index < -0.39 is 11.9 Å². The molecule has 2 aromatic heterocycles. The van der Waals surface area contributed by atoms with Gasteiger partial charge in [0.25, 0.3) is 0 Å². The standard InChI is InChI=1S/C12H9NO3.C11H7NO3/c1-7-9-5-8(6-13)3-4-10(9)16-11(7)12(14)15-2;1-6-8-4-7(5-12)2-3-9(8)15-10(6)11(13)14/h3-5H,1-2H3;2-4H,1H3,(H,13,14).